The molecule has 1 rings (SSSR count). The highest BCUT2D eigenvalue weighted by Gasteiger charge is 2.52. The molecule has 0 saturated heterocycles. The lowest BCUT2D eigenvalue weighted by molar-refractivity contribution is -0.157. The van der Waals surface area contributed by atoms with Gasteiger partial charge >= 0.3 is 17.9 Å². The minimum atomic E-state index is -2.48. The number of Topliss-reactive ketones (excluding diaryl/α,β-unsaturated/α-hetero) is 2. The van der Waals surface area contributed by atoms with Crippen LogP contribution in [0.3, 0.4) is 0 Å². The number of carbonyl (C=O) groups is 5. The molecule has 2 N–H and O–H groups in total. The van der Waals surface area contributed by atoms with Crippen LogP contribution in [-0.4, -0.2) is 51.3 Å². The summed E-state index contributed by atoms with van der Waals surface area (Å²) in [5.41, 5.74) is -1.95. The van der Waals surface area contributed by atoms with Crippen LogP contribution in [0.15, 0.2) is 18.5 Å². The topological polar surface area (TPSA) is 148 Å². The molecule has 0 aliphatic rings. The molecule has 0 aromatic carbocycles. The minimum Gasteiger partial charge on any atom is -0.481 e. The van der Waals surface area contributed by atoms with E-state index in [0.29, 0.717) is 5.56 Å². The maximum Gasteiger partial charge on any atom is 0.325 e. The summed E-state index contributed by atoms with van der Waals surface area (Å²) in [7, 11) is 0. The molecule has 1 atom stereocenters. The number of ketones is 2. The fraction of sp³-hybridized carbons (Fsp3) is 0.444. The van der Waals surface area contributed by atoms with Gasteiger partial charge in [0.25, 0.3) is 0 Å². The molecule has 27 heavy (non-hydrogen) atoms. The van der Waals surface area contributed by atoms with Crippen molar-refractivity contribution in [3.63, 3.8) is 0 Å². The highest BCUT2D eigenvalue weighted by Crippen LogP contribution is 2.32. The second-order valence-electron chi connectivity index (χ2n) is 6.09. The molecule has 0 bridgehead atoms. The van der Waals surface area contributed by atoms with Crippen molar-refractivity contribution in [2.75, 3.05) is 6.61 Å². The largest absolute Gasteiger partial charge is 0.481 e. The van der Waals surface area contributed by atoms with Gasteiger partial charge in [0.15, 0.2) is 23.6 Å². The lowest BCUT2D eigenvalue weighted by atomic mass is 9.73. The van der Waals surface area contributed by atoms with E-state index in [1.165, 1.54) is 12.3 Å². The monoisotopic (exact) mass is 379 g/mol. The van der Waals surface area contributed by atoms with Gasteiger partial charge in [-0.05, 0) is 31.4 Å². The van der Waals surface area contributed by atoms with Crippen molar-refractivity contribution >= 4 is 29.5 Å². The number of hydrogen-bond donors (Lipinski definition) is 2. The van der Waals surface area contributed by atoms with Crippen molar-refractivity contribution in [3.05, 3.63) is 29.6 Å². The highest BCUT2D eigenvalue weighted by atomic mass is 16.5. The number of aromatic nitrogens is 1. The number of carbonyl (C=O) groups excluding carboxylic acids is 3. The molecular formula is C18H21NO8. The van der Waals surface area contributed by atoms with Crippen molar-refractivity contribution in [1.29, 1.82) is 0 Å². The van der Waals surface area contributed by atoms with Gasteiger partial charge in [-0.3, -0.25) is 29.0 Å². The number of hydrogen-bond acceptors (Lipinski definition) is 7. The second kappa shape index (κ2) is 9.56. The lowest BCUT2D eigenvalue weighted by Crippen LogP contribution is -2.48. The van der Waals surface area contributed by atoms with Gasteiger partial charge in [0.05, 0.1) is 0 Å². The number of unbranched alkanes of at least 4 members (excludes halogenated alkanes) is 1. The predicted molar refractivity (Wildman–Crippen MR) is 91.1 cm³/mol. The molecular weight excluding hydrogens is 358 g/mol. The van der Waals surface area contributed by atoms with Gasteiger partial charge in [0.1, 0.15) is 0 Å². The molecule has 0 aliphatic carbocycles. The smallest absolute Gasteiger partial charge is 0.325 e. The molecule has 0 saturated carbocycles. The van der Waals surface area contributed by atoms with Gasteiger partial charge in [-0.2, -0.15) is 0 Å². The summed E-state index contributed by atoms with van der Waals surface area (Å²) in [5, 5.41) is 18.5. The van der Waals surface area contributed by atoms with Crippen LogP contribution in [-0.2, 0) is 23.9 Å². The normalized spacial score (nSPS) is 12.7. The Kier molecular flexibility index (Phi) is 7.77. The van der Waals surface area contributed by atoms with E-state index in [0.717, 1.165) is 13.1 Å². The van der Waals surface area contributed by atoms with Crippen molar-refractivity contribution in [2.24, 2.45) is 5.41 Å². The predicted octanol–water partition coefficient (Wildman–Crippen LogP) is 1.42. The van der Waals surface area contributed by atoms with E-state index in [2.05, 4.69) is 9.72 Å². The fourth-order valence-corrected chi connectivity index (χ4v) is 2.59. The number of ether oxygens (including phenoxy) is 1. The maximum atomic E-state index is 13.0. The first kappa shape index (κ1) is 21.9. The molecule has 0 fully saturated rings. The molecule has 1 aromatic rings. The summed E-state index contributed by atoms with van der Waals surface area (Å²) in [5.74, 6) is -5.60. The van der Waals surface area contributed by atoms with Crippen molar-refractivity contribution in [2.45, 2.75) is 39.5 Å². The molecule has 1 heterocycles. The van der Waals surface area contributed by atoms with E-state index in [1.54, 1.807) is 6.92 Å². The molecule has 9 nitrogen and oxygen atoms in total. The standard InChI is InChI=1S/C18H21NO8/c1-11-7-13(9-19-8-11)16(24)18(17(25)26,6-4-3-5-15(22)23)14(21)10-27-12(2)20/h7-9H,3-6,10H2,1-2H3,(H,22,23)(H,25,26). The molecule has 146 valence electrons. The number of rotatable bonds is 11. The molecule has 0 aliphatic heterocycles. The summed E-state index contributed by atoms with van der Waals surface area (Å²) in [4.78, 5) is 63.1. The van der Waals surface area contributed by atoms with Crippen LogP contribution in [0, 0.1) is 12.3 Å². The first-order valence-electron chi connectivity index (χ1n) is 8.19. The van der Waals surface area contributed by atoms with E-state index in [-0.39, 0.29) is 24.8 Å². The first-order valence-corrected chi connectivity index (χ1v) is 8.19. The van der Waals surface area contributed by atoms with Crippen LogP contribution in [0.2, 0.25) is 0 Å². The van der Waals surface area contributed by atoms with Crippen LogP contribution < -0.4 is 0 Å². The first-order chi connectivity index (χ1) is 12.6. The maximum absolute atomic E-state index is 13.0. The zero-order chi connectivity index (χ0) is 20.6. The third kappa shape index (κ3) is 5.70. The van der Waals surface area contributed by atoms with E-state index >= 15 is 0 Å². The molecule has 0 radical (unpaired) electrons. The summed E-state index contributed by atoms with van der Waals surface area (Å²) in [6.07, 6.45) is 2.08. The highest BCUT2D eigenvalue weighted by molar-refractivity contribution is 6.27. The molecule has 0 amide bonds. The van der Waals surface area contributed by atoms with Crippen LogP contribution in [0.25, 0.3) is 0 Å². The number of nitrogens with zero attached hydrogens (tertiary/aromatic N) is 1. The van der Waals surface area contributed by atoms with E-state index in [9.17, 15) is 29.1 Å². The Morgan fingerprint density at radius 3 is 2.30 bits per heavy atom. The Labute approximate surface area is 155 Å². The Balaban J connectivity index is 3.26. The lowest BCUT2D eigenvalue weighted by Gasteiger charge is -2.26. The summed E-state index contributed by atoms with van der Waals surface area (Å²) in [6.45, 7) is 1.83. The average Bonchev–Trinajstić information content (AvgIpc) is 2.58. The summed E-state index contributed by atoms with van der Waals surface area (Å²) >= 11 is 0. The van der Waals surface area contributed by atoms with Gasteiger partial charge in [-0.15, -0.1) is 0 Å². The van der Waals surface area contributed by atoms with Crippen LogP contribution in [0.1, 0.15) is 48.5 Å². The van der Waals surface area contributed by atoms with Gasteiger partial charge in [0.2, 0.25) is 0 Å². The Morgan fingerprint density at radius 1 is 1.11 bits per heavy atom. The SMILES string of the molecule is CC(=O)OCC(=O)C(CCCCC(=O)O)(C(=O)O)C(=O)c1cncc(C)c1. The van der Waals surface area contributed by atoms with Gasteiger partial charge in [-0.1, -0.05) is 6.42 Å². The Hall–Kier alpha value is -3.10. The van der Waals surface area contributed by atoms with Gasteiger partial charge in [-0.25, -0.2) is 0 Å². The van der Waals surface area contributed by atoms with E-state index in [4.69, 9.17) is 5.11 Å². The molecule has 1 unspecified atom stereocenters. The zero-order valence-electron chi connectivity index (χ0n) is 15.1. The van der Waals surface area contributed by atoms with Gasteiger partial charge < -0.3 is 14.9 Å². The molecule has 1 aromatic heterocycles. The van der Waals surface area contributed by atoms with Crippen molar-refractivity contribution < 1.29 is 38.9 Å². The Bertz CT molecular complexity index is 757. The van der Waals surface area contributed by atoms with Crippen LogP contribution in [0.5, 0.6) is 0 Å². The molecule has 0 spiro atoms. The van der Waals surface area contributed by atoms with Gasteiger partial charge in [0, 0.05) is 31.3 Å². The second-order valence-corrected chi connectivity index (χ2v) is 6.09. The third-order valence-corrected chi connectivity index (χ3v) is 3.96. The number of carboxylic acid groups (broad SMARTS) is 2. The van der Waals surface area contributed by atoms with Crippen molar-refractivity contribution in [3.8, 4) is 0 Å². The minimum absolute atomic E-state index is 0.00932. The van der Waals surface area contributed by atoms with Crippen LogP contribution >= 0.6 is 0 Å². The summed E-state index contributed by atoms with van der Waals surface area (Å²) in [6, 6.07) is 1.41. The number of pyridine rings is 1. The summed E-state index contributed by atoms with van der Waals surface area (Å²) < 4.78 is 4.60. The molecule has 9 heteroatoms. The number of esters is 1. The van der Waals surface area contributed by atoms with Crippen molar-refractivity contribution in [1.82, 2.24) is 4.98 Å². The Morgan fingerprint density at radius 2 is 1.78 bits per heavy atom. The average molecular weight is 379 g/mol. The van der Waals surface area contributed by atoms with Crippen LogP contribution in [0.4, 0.5) is 0 Å². The number of aryl methyl sites for hydroxylation is 1. The third-order valence-electron chi connectivity index (χ3n) is 3.96. The fourth-order valence-electron chi connectivity index (χ4n) is 2.59. The number of aliphatic carboxylic acids is 2. The quantitative estimate of drug-likeness (QED) is 0.252. The zero-order valence-corrected chi connectivity index (χ0v) is 15.1. The van der Waals surface area contributed by atoms with E-state index < -0.39 is 47.9 Å². The van der Waals surface area contributed by atoms with E-state index in [1.807, 2.05) is 0 Å². The number of carboxylic acids is 2.